The predicted molar refractivity (Wildman–Crippen MR) is 106 cm³/mol. The van der Waals surface area contributed by atoms with E-state index in [1.165, 1.54) is 24.3 Å². The van der Waals surface area contributed by atoms with Gasteiger partial charge in [0.05, 0.1) is 23.3 Å². The van der Waals surface area contributed by atoms with Crippen molar-refractivity contribution in [3.8, 4) is 11.5 Å². The first kappa shape index (κ1) is 21.2. The van der Waals surface area contributed by atoms with Crippen molar-refractivity contribution in [2.24, 2.45) is 0 Å². The number of amides is 4. The molecule has 0 unspecified atom stereocenters. The summed E-state index contributed by atoms with van der Waals surface area (Å²) in [6.45, 7) is 1.11. The van der Waals surface area contributed by atoms with E-state index < -0.39 is 40.0 Å². The topological polar surface area (TPSA) is 145 Å². The van der Waals surface area contributed by atoms with Crippen molar-refractivity contribution in [2.75, 3.05) is 12.0 Å². The fourth-order valence-electron chi connectivity index (χ4n) is 2.93. The van der Waals surface area contributed by atoms with Crippen LogP contribution in [0, 0.1) is 10.1 Å². The van der Waals surface area contributed by atoms with Gasteiger partial charge in [0.25, 0.3) is 11.8 Å². The number of esters is 1. The first-order valence-corrected chi connectivity index (χ1v) is 8.75. The molecular weight excluding hydrogens is 410 g/mol. The molecule has 0 aromatic heterocycles. The van der Waals surface area contributed by atoms with Gasteiger partial charge in [0.15, 0.2) is 5.75 Å². The van der Waals surface area contributed by atoms with Crippen LogP contribution < -0.4 is 19.7 Å². The standard InChI is InChI=1S/C20H15N3O8/c1-11(24)31-15-9-8-12(16(23(28)29)17(15)30-2)10-14-18(25)21-20(27)22(19(14)26)13-6-4-3-5-7-13/h3-10H,1-2H3,(H,21,25,27)/b14-10-. The van der Waals surface area contributed by atoms with Gasteiger partial charge in [-0.25, -0.2) is 9.69 Å². The van der Waals surface area contributed by atoms with Gasteiger partial charge in [0.2, 0.25) is 5.75 Å². The summed E-state index contributed by atoms with van der Waals surface area (Å²) in [5.74, 6) is -3.27. The van der Waals surface area contributed by atoms with Crippen LogP contribution in [-0.4, -0.2) is 35.8 Å². The number of nitrogens with zero attached hydrogens (tertiary/aromatic N) is 2. The lowest BCUT2D eigenvalue weighted by Crippen LogP contribution is -2.54. The Hall–Kier alpha value is -4.54. The van der Waals surface area contributed by atoms with Crippen molar-refractivity contribution in [1.29, 1.82) is 0 Å². The summed E-state index contributed by atoms with van der Waals surface area (Å²) in [5, 5.41) is 13.7. The lowest BCUT2D eigenvalue weighted by atomic mass is 10.0. The van der Waals surface area contributed by atoms with Crippen LogP contribution in [0.4, 0.5) is 16.2 Å². The molecule has 1 aliphatic heterocycles. The molecule has 0 radical (unpaired) electrons. The monoisotopic (exact) mass is 425 g/mol. The number of ether oxygens (including phenoxy) is 2. The molecular formula is C20H15N3O8. The second-order valence-electron chi connectivity index (χ2n) is 6.18. The molecule has 0 spiro atoms. The number of para-hydroxylation sites is 1. The van der Waals surface area contributed by atoms with Gasteiger partial charge in [-0.1, -0.05) is 18.2 Å². The van der Waals surface area contributed by atoms with E-state index in [9.17, 15) is 29.3 Å². The number of nitro groups is 1. The van der Waals surface area contributed by atoms with Gasteiger partial charge < -0.3 is 9.47 Å². The van der Waals surface area contributed by atoms with Crippen molar-refractivity contribution in [3.05, 3.63) is 63.7 Å². The fraction of sp³-hybridized carbons (Fsp3) is 0.100. The number of rotatable bonds is 5. The maximum absolute atomic E-state index is 12.9. The third-order valence-corrected chi connectivity index (χ3v) is 4.18. The number of nitrogens with one attached hydrogen (secondary N) is 1. The average molecular weight is 425 g/mol. The molecule has 1 heterocycles. The number of carbonyl (C=O) groups is 4. The minimum absolute atomic E-state index is 0.168. The van der Waals surface area contributed by atoms with Gasteiger partial charge in [-0.05, 0) is 30.3 Å². The molecule has 1 N–H and O–H groups in total. The Labute approximate surface area is 175 Å². The van der Waals surface area contributed by atoms with Crippen LogP contribution in [0.2, 0.25) is 0 Å². The minimum Gasteiger partial charge on any atom is -0.488 e. The van der Waals surface area contributed by atoms with Gasteiger partial charge in [0.1, 0.15) is 5.57 Å². The van der Waals surface area contributed by atoms with Gasteiger partial charge in [-0.3, -0.25) is 29.8 Å². The molecule has 0 atom stereocenters. The number of nitro benzene ring substituents is 1. The maximum atomic E-state index is 12.9. The van der Waals surface area contributed by atoms with Crippen LogP contribution >= 0.6 is 0 Å². The van der Waals surface area contributed by atoms with Crippen LogP contribution in [0.15, 0.2) is 48.0 Å². The summed E-state index contributed by atoms with van der Waals surface area (Å²) in [5.41, 5.74) is -1.09. The van der Waals surface area contributed by atoms with Crippen LogP contribution in [0.5, 0.6) is 11.5 Å². The SMILES string of the molecule is COc1c(OC(C)=O)ccc(/C=C2/C(=O)NC(=O)N(c3ccccc3)C2=O)c1[N+](=O)[O-]. The van der Waals surface area contributed by atoms with Crippen molar-refractivity contribution in [3.63, 3.8) is 0 Å². The van der Waals surface area contributed by atoms with E-state index in [1.807, 2.05) is 5.32 Å². The van der Waals surface area contributed by atoms with Gasteiger partial charge >= 0.3 is 17.7 Å². The molecule has 1 saturated heterocycles. The van der Waals surface area contributed by atoms with Crippen LogP contribution in [0.25, 0.3) is 6.08 Å². The Kier molecular flexibility index (Phi) is 5.77. The summed E-state index contributed by atoms with van der Waals surface area (Å²) in [7, 11) is 1.14. The Bertz CT molecular complexity index is 1140. The second-order valence-corrected chi connectivity index (χ2v) is 6.18. The number of hydrogen-bond acceptors (Lipinski definition) is 8. The molecule has 2 aromatic rings. The molecule has 0 bridgehead atoms. The molecule has 158 valence electrons. The Morgan fingerprint density at radius 1 is 1.13 bits per heavy atom. The Balaban J connectivity index is 2.14. The molecule has 0 saturated carbocycles. The summed E-state index contributed by atoms with van der Waals surface area (Å²) in [4.78, 5) is 60.3. The zero-order valence-corrected chi connectivity index (χ0v) is 16.3. The van der Waals surface area contributed by atoms with E-state index in [0.717, 1.165) is 25.0 Å². The number of imide groups is 2. The molecule has 0 aliphatic carbocycles. The molecule has 11 heteroatoms. The molecule has 3 rings (SSSR count). The van der Waals surface area contributed by atoms with E-state index in [-0.39, 0.29) is 22.7 Å². The third-order valence-electron chi connectivity index (χ3n) is 4.18. The van der Waals surface area contributed by atoms with Crippen molar-refractivity contribution >= 4 is 41.3 Å². The molecule has 31 heavy (non-hydrogen) atoms. The number of barbiturate groups is 1. The molecule has 2 aromatic carbocycles. The van der Waals surface area contributed by atoms with E-state index in [2.05, 4.69) is 0 Å². The largest absolute Gasteiger partial charge is 0.488 e. The summed E-state index contributed by atoms with van der Waals surface area (Å²) >= 11 is 0. The van der Waals surface area contributed by atoms with Gasteiger partial charge in [0, 0.05) is 6.92 Å². The minimum atomic E-state index is -1.01. The van der Waals surface area contributed by atoms with E-state index in [4.69, 9.17) is 9.47 Å². The Morgan fingerprint density at radius 3 is 2.39 bits per heavy atom. The highest BCUT2D eigenvalue weighted by Gasteiger charge is 2.37. The molecule has 1 aliphatic rings. The molecule has 4 amide bonds. The van der Waals surface area contributed by atoms with E-state index in [0.29, 0.717) is 0 Å². The quantitative estimate of drug-likeness (QED) is 0.192. The summed E-state index contributed by atoms with van der Waals surface area (Å²) in [6, 6.07) is 9.32. The van der Waals surface area contributed by atoms with Crippen molar-refractivity contribution < 1.29 is 33.6 Å². The summed E-state index contributed by atoms with van der Waals surface area (Å²) < 4.78 is 9.95. The van der Waals surface area contributed by atoms with Crippen LogP contribution in [0.3, 0.4) is 0 Å². The number of carbonyl (C=O) groups excluding carboxylic acids is 4. The number of hydrogen-bond donors (Lipinski definition) is 1. The lowest BCUT2D eigenvalue weighted by molar-refractivity contribution is -0.386. The summed E-state index contributed by atoms with van der Waals surface area (Å²) in [6.07, 6.45) is 0.970. The van der Waals surface area contributed by atoms with Gasteiger partial charge in [-0.15, -0.1) is 0 Å². The van der Waals surface area contributed by atoms with Crippen LogP contribution in [-0.2, 0) is 14.4 Å². The third kappa shape index (κ3) is 4.10. The Morgan fingerprint density at radius 2 is 1.81 bits per heavy atom. The number of urea groups is 1. The zero-order valence-electron chi connectivity index (χ0n) is 16.3. The maximum Gasteiger partial charge on any atom is 0.335 e. The van der Waals surface area contributed by atoms with E-state index in [1.54, 1.807) is 18.2 Å². The lowest BCUT2D eigenvalue weighted by Gasteiger charge is -2.26. The first-order chi connectivity index (χ1) is 14.7. The number of benzene rings is 2. The van der Waals surface area contributed by atoms with Crippen LogP contribution in [0.1, 0.15) is 12.5 Å². The highest BCUT2D eigenvalue weighted by molar-refractivity contribution is 6.39. The number of anilines is 1. The smallest absolute Gasteiger partial charge is 0.335 e. The molecule has 11 nitrogen and oxygen atoms in total. The number of methoxy groups -OCH3 is 1. The predicted octanol–water partition coefficient (Wildman–Crippen LogP) is 2.20. The zero-order chi connectivity index (χ0) is 22.7. The highest BCUT2D eigenvalue weighted by Crippen LogP contribution is 2.40. The average Bonchev–Trinajstić information content (AvgIpc) is 2.71. The fourth-order valence-corrected chi connectivity index (χ4v) is 2.93. The van der Waals surface area contributed by atoms with Crippen molar-refractivity contribution in [2.45, 2.75) is 6.92 Å². The first-order valence-electron chi connectivity index (χ1n) is 8.75. The highest BCUT2D eigenvalue weighted by atomic mass is 16.6. The molecule has 1 fully saturated rings. The van der Waals surface area contributed by atoms with Gasteiger partial charge in [-0.2, -0.15) is 0 Å². The van der Waals surface area contributed by atoms with Crippen molar-refractivity contribution in [1.82, 2.24) is 5.32 Å². The normalized spacial score (nSPS) is 15.0. The second kappa shape index (κ2) is 8.45. The van der Waals surface area contributed by atoms with E-state index >= 15 is 0 Å².